The predicted octanol–water partition coefficient (Wildman–Crippen LogP) is 0.611. The van der Waals surface area contributed by atoms with Gasteiger partial charge in [0.05, 0.1) is 6.54 Å². The molecule has 0 aromatic heterocycles. The summed E-state index contributed by atoms with van der Waals surface area (Å²) in [5, 5.41) is 3.04. The van der Waals surface area contributed by atoms with E-state index in [0.29, 0.717) is 24.2 Å². The molecule has 110 valence electrons. The molecule has 0 saturated heterocycles. The van der Waals surface area contributed by atoms with Gasteiger partial charge in [-0.3, -0.25) is 4.79 Å². The third-order valence-electron chi connectivity index (χ3n) is 2.40. The first-order chi connectivity index (χ1) is 9.47. The summed E-state index contributed by atoms with van der Waals surface area (Å²) >= 11 is 0. The molecule has 0 saturated carbocycles. The number of nitrogens with two attached hydrogens (primary N) is 2. The summed E-state index contributed by atoms with van der Waals surface area (Å²) < 4.78 is 5.22. The Kier molecular flexibility index (Phi) is 6.36. The lowest BCUT2D eigenvalue weighted by Crippen LogP contribution is -2.34. The van der Waals surface area contributed by atoms with Crippen LogP contribution in [0.1, 0.15) is 19.4 Å². The summed E-state index contributed by atoms with van der Waals surface area (Å²) in [7, 11) is 0. The fourth-order valence-corrected chi connectivity index (χ4v) is 1.43. The van der Waals surface area contributed by atoms with Crippen LogP contribution in [-0.4, -0.2) is 25.0 Å². The number of nitrogens with one attached hydrogen (secondary N) is 1. The van der Waals surface area contributed by atoms with Crippen LogP contribution >= 0.6 is 0 Å². The highest BCUT2D eigenvalue weighted by Gasteiger charge is 2.00. The fourth-order valence-electron chi connectivity index (χ4n) is 1.43. The van der Waals surface area contributed by atoms with E-state index in [1.165, 1.54) is 0 Å². The zero-order valence-electron chi connectivity index (χ0n) is 11.9. The van der Waals surface area contributed by atoms with Crippen molar-refractivity contribution in [3.8, 4) is 5.75 Å². The van der Waals surface area contributed by atoms with Crippen LogP contribution in [0.2, 0.25) is 0 Å². The molecular formula is C14H22N4O2. The quantitative estimate of drug-likeness (QED) is 0.502. The number of carbonyl (C=O) groups excluding carboxylic acids is 1. The summed E-state index contributed by atoms with van der Waals surface area (Å²) in [4.78, 5) is 14.9. The summed E-state index contributed by atoms with van der Waals surface area (Å²) in [6, 6.07) is 7.31. The molecular weight excluding hydrogens is 256 g/mol. The molecule has 0 atom stereocenters. The molecule has 0 bridgehead atoms. The number of aliphatic imine (C=N–C) groups is 1. The third kappa shape index (κ3) is 6.63. The van der Waals surface area contributed by atoms with E-state index in [4.69, 9.17) is 16.2 Å². The van der Waals surface area contributed by atoms with Gasteiger partial charge in [0.1, 0.15) is 5.75 Å². The van der Waals surface area contributed by atoms with Crippen molar-refractivity contribution in [1.29, 1.82) is 0 Å². The molecule has 20 heavy (non-hydrogen) atoms. The molecule has 0 heterocycles. The van der Waals surface area contributed by atoms with Gasteiger partial charge < -0.3 is 21.5 Å². The second kappa shape index (κ2) is 8.04. The SMILES string of the molecule is CC(C)CNC(N)=NCc1cccc(OCC(N)=O)c1. The fraction of sp³-hybridized carbons (Fsp3) is 0.429. The Morgan fingerprint density at radius 3 is 2.80 bits per heavy atom. The molecule has 6 nitrogen and oxygen atoms in total. The lowest BCUT2D eigenvalue weighted by atomic mass is 10.2. The first-order valence-corrected chi connectivity index (χ1v) is 6.51. The van der Waals surface area contributed by atoms with E-state index in [0.717, 1.165) is 12.1 Å². The molecule has 6 heteroatoms. The Labute approximate surface area is 119 Å². The highest BCUT2D eigenvalue weighted by molar-refractivity contribution is 5.77. The van der Waals surface area contributed by atoms with E-state index in [-0.39, 0.29) is 6.61 Å². The van der Waals surface area contributed by atoms with Crippen LogP contribution in [-0.2, 0) is 11.3 Å². The van der Waals surface area contributed by atoms with Gasteiger partial charge in [-0.05, 0) is 23.6 Å². The topological polar surface area (TPSA) is 103 Å². The van der Waals surface area contributed by atoms with E-state index in [9.17, 15) is 4.79 Å². The predicted molar refractivity (Wildman–Crippen MR) is 79.3 cm³/mol. The Balaban J connectivity index is 2.53. The number of nitrogens with zero attached hydrogens (tertiary/aromatic N) is 1. The maximum absolute atomic E-state index is 10.7. The van der Waals surface area contributed by atoms with Crippen LogP contribution in [0.3, 0.4) is 0 Å². The lowest BCUT2D eigenvalue weighted by Gasteiger charge is -2.08. The average Bonchev–Trinajstić information content (AvgIpc) is 2.41. The molecule has 1 amide bonds. The number of benzene rings is 1. The van der Waals surface area contributed by atoms with Crippen molar-refractivity contribution < 1.29 is 9.53 Å². The second-order valence-electron chi connectivity index (χ2n) is 4.88. The van der Waals surface area contributed by atoms with Crippen LogP contribution in [0.15, 0.2) is 29.3 Å². The van der Waals surface area contributed by atoms with Crippen molar-refractivity contribution in [1.82, 2.24) is 5.32 Å². The zero-order valence-corrected chi connectivity index (χ0v) is 11.9. The standard InChI is InChI=1S/C14H22N4O2/c1-10(2)7-17-14(16)18-8-11-4-3-5-12(6-11)20-9-13(15)19/h3-6,10H,7-9H2,1-2H3,(H2,15,19)(H3,16,17,18). The molecule has 0 aliphatic heterocycles. The van der Waals surface area contributed by atoms with E-state index in [2.05, 4.69) is 24.2 Å². The molecule has 5 N–H and O–H groups in total. The molecule has 0 aliphatic carbocycles. The van der Waals surface area contributed by atoms with Gasteiger partial charge in [-0.15, -0.1) is 0 Å². The monoisotopic (exact) mass is 278 g/mol. The normalized spacial score (nSPS) is 11.4. The first-order valence-electron chi connectivity index (χ1n) is 6.51. The average molecular weight is 278 g/mol. The number of hydrogen-bond donors (Lipinski definition) is 3. The molecule has 0 radical (unpaired) electrons. The number of primary amides is 1. The van der Waals surface area contributed by atoms with Crippen LogP contribution in [0.25, 0.3) is 0 Å². The summed E-state index contributed by atoms with van der Waals surface area (Å²) in [5.41, 5.74) is 11.7. The summed E-state index contributed by atoms with van der Waals surface area (Å²) in [6.45, 7) is 5.30. The molecule has 0 spiro atoms. The van der Waals surface area contributed by atoms with Gasteiger partial charge in [0, 0.05) is 6.54 Å². The maximum atomic E-state index is 10.7. The van der Waals surface area contributed by atoms with Gasteiger partial charge >= 0.3 is 0 Å². The van der Waals surface area contributed by atoms with Gasteiger partial charge in [0.2, 0.25) is 0 Å². The largest absolute Gasteiger partial charge is 0.484 e. The zero-order chi connectivity index (χ0) is 15.0. The minimum absolute atomic E-state index is 0.134. The van der Waals surface area contributed by atoms with E-state index < -0.39 is 5.91 Å². The van der Waals surface area contributed by atoms with Crippen LogP contribution in [0.5, 0.6) is 5.75 Å². The van der Waals surface area contributed by atoms with Crippen molar-refractivity contribution in [3.05, 3.63) is 29.8 Å². The van der Waals surface area contributed by atoms with Crippen molar-refractivity contribution >= 4 is 11.9 Å². The second-order valence-corrected chi connectivity index (χ2v) is 4.88. The Morgan fingerprint density at radius 2 is 2.15 bits per heavy atom. The van der Waals surface area contributed by atoms with E-state index >= 15 is 0 Å². The van der Waals surface area contributed by atoms with Crippen molar-refractivity contribution in [3.63, 3.8) is 0 Å². The molecule has 1 aromatic rings. The maximum Gasteiger partial charge on any atom is 0.255 e. The summed E-state index contributed by atoms with van der Waals surface area (Å²) in [5.74, 6) is 1.01. The number of amides is 1. The highest BCUT2D eigenvalue weighted by Crippen LogP contribution is 2.13. The highest BCUT2D eigenvalue weighted by atomic mass is 16.5. The van der Waals surface area contributed by atoms with Gasteiger partial charge in [0.15, 0.2) is 12.6 Å². The summed E-state index contributed by atoms with van der Waals surface area (Å²) in [6.07, 6.45) is 0. The number of carbonyl (C=O) groups is 1. The number of ether oxygens (including phenoxy) is 1. The molecule has 1 aromatic carbocycles. The van der Waals surface area contributed by atoms with Crippen molar-refractivity contribution in [2.24, 2.45) is 22.4 Å². The van der Waals surface area contributed by atoms with Crippen molar-refractivity contribution in [2.75, 3.05) is 13.2 Å². The van der Waals surface area contributed by atoms with Crippen LogP contribution in [0, 0.1) is 5.92 Å². The Morgan fingerprint density at radius 1 is 1.40 bits per heavy atom. The molecule has 1 rings (SSSR count). The first kappa shape index (κ1) is 15.8. The van der Waals surface area contributed by atoms with Gasteiger partial charge in [-0.25, -0.2) is 4.99 Å². The smallest absolute Gasteiger partial charge is 0.255 e. The Bertz CT molecular complexity index is 472. The van der Waals surface area contributed by atoms with E-state index in [1.807, 2.05) is 18.2 Å². The minimum atomic E-state index is -0.504. The van der Waals surface area contributed by atoms with Crippen molar-refractivity contribution in [2.45, 2.75) is 20.4 Å². The van der Waals surface area contributed by atoms with Gasteiger partial charge in [-0.2, -0.15) is 0 Å². The number of rotatable bonds is 7. The number of hydrogen-bond acceptors (Lipinski definition) is 3. The van der Waals surface area contributed by atoms with Crippen LogP contribution < -0.4 is 21.5 Å². The number of guanidine groups is 1. The van der Waals surface area contributed by atoms with Gasteiger partial charge in [-0.1, -0.05) is 26.0 Å². The minimum Gasteiger partial charge on any atom is -0.484 e. The third-order valence-corrected chi connectivity index (χ3v) is 2.40. The van der Waals surface area contributed by atoms with Gasteiger partial charge in [0.25, 0.3) is 5.91 Å². The molecule has 0 fully saturated rings. The Hall–Kier alpha value is -2.24. The van der Waals surface area contributed by atoms with E-state index in [1.54, 1.807) is 6.07 Å². The molecule has 0 aliphatic rings. The lowest BCUT2D eigenvalue weighted by molar-refractivity contribution is -0.119. The molecule has 0 unspecified atom stereocenters. The van der Waals surface area contributed by atoms with Crippen LogP contribution in [0.4, 0.5) is 0 Å².